The van der Waals surface area contributed by atoms with Crippen molar-refractivity contribution in [2.24, 2.45) is 0 Å². The number of carbonyl (C=O) groups is 1. The zero-order valence-corrected chi connectivity index (χ0v) is 21.0. The van der Waals surface area contributed by atoms with Crippen molar-refractivity contribution < 1.29 is 4.79 Å². The molecule has 1 amide bonds. The van der Waals surface area contributed by atoms with Crippen LogP contribution in [-0.4, -0.2) is 52.1 Å². The quantitative estimate of drug-likeness (QED) is 0.560. The third-order valence-corrected chi connectivity index (χ3v) is 7.30. The number of imidazole rings is 1. The zero-order chi connectivity index (χ0) is 23.4. The van der Waals surface area contributed by atoms with Gasteiger partial charge in [0, 0.05) is 23.8 Å². The first kappa shape index (κ1) is 24.2. The van der Waals surface area contributed by atoms with E-state index in [2.05, 4.69) is 58.0 Å². The van der Waals surface area contributed by atoms with Crippen molar-refractivity contribution in [2.45, 2.75) is 83.3 Å². The summed E-state index contributed by atoms with van der Waals surface area (Å²) >= 11 is 6.15. The fraction of sp³-hybridized carbons (Fsp3) is 0.615. The lowest BCUT2D eigenvalue weighted by Gasteiger charge is -2.31. The van der Waals surface area contributed by atoms with Crippen LogP contribution in [0.2, 0.25) is 5.02 Å². The lowest BCUT2D eigenvalue weighted by atomic mass is 9.87. The molecule has 2 aliphatic rings. The molecule has 6 nitrogen and oxygen atoms in total. The number of aryl methyl sites for hydroxylation is 1. The number of benzene rings is 1. The number of halogens is 1. The van der Waals surface area contributed by atoms with Crippen molar-refractivity contribution in [1.29, 1.82) is 0 Å². The molecule has 1 aromatic carbocycles. The van der Waals surface area contributed by atoms with Gasteiger partial charge in [-0.3, -0.25) is 4.79 Å². The summed E-state index contributed by atoms with van der Waals surface area (Å²) in [6, 6.07) is 6.22. The van der Waals surface area contributed by atoms with Crippen molar-refractivity contribution in [3.05, 3.63) is 46.9 Å². The molecule has 2 N–H and O–H groups in total. The van der Waals surface area contributed by atoms with E-state index in [1.807, 2.05) is 18.6 Å². The van der Waals surface area contributed by atoms with Gasteiger partial charge in [0.25, 0.3) is 0 Å². The van der Waals surface area contributed by atoms with Gasteiger partial charge in [-0.05, 0) is 88.7 Å². The highest BCUT2D eigenvalue weighted by Gasteiger charge is 2.28. The zero-order valence-electron chi connectivity index (χ0n) is 20.2. The van der Waals surface area contributed by atoms with Gasteiger partial charge in [0.15, 0.2) is 5.82 Å². The first-order valence-corrected chi connectivity index (χ1v) is 12.8. The topological polar surface area (TPSA) is 62.2 Å². The van der Waals surface area contributed by atoms with Crippen LogP contribution in [0.25, 0.3) is 0 Å². The number of anilines is 1. The van der Waals surface area contributed by atoms with Crippen LogP contribution in [0.15, 0.2) is 30.7 Å². The normalized spacial score (nSPS) is 19.9. The summed E-state index contributed by atoms with van der Waals surface area (Å²) in [6.07, 6.45) is 11.1. The average molecular weight is 472 g/mol. The van der Waals surface area contributed by atoms with Crippen LogP contribution in [0, 0.1) is 0 Å². The van der Waals surface area contributed by atoms with Gasteiger partial charge in [-0.25, -0.2) is 4.98 Å². The van der Waals surface area contributed by atoms with E-state index in [-0.39, 0.29) is 23.5 Å². The van der Waals surface area contributed by atoms with Crippen molar-refractivity contribution >= 4 is 23.3 Å². The van der Waals surface area contributed by atoms with Crippen LogP contribution >= 0.6 is 11.6 Å². The summed E-state index contributed by atoms with van der Waals surface area (Å²) in [6.45, 7) is 9.92. The highest BCUT2D eigenvalue weighted by Crippen LogP contribution is 2.25. The third-order valence-electron chi connectivity index (χ3n) is 7.07. The number of amides is 1. The van der Waals surface area contributed by atoms with Gasteiger partial charge in [0.1, 0.15) is 0 Å². The summed E-state index contributed by atoms with van der Waals surface area (Å²) in [5.41, 5.74) is 2.59. The second-order valence-corrected chi connectivity index (χ2v) is 10.7. The molecule has 0 unspecified atom stereocenters. The van der Waals surface area contributed by atoms with Gasteiger partial charge in [0.2, 0.25) is 5.91 Å². The lowest BCUT2D eigenvalue weighted by Crippen LogP contribution is -2.47. The van der Waals surface area contributed by atoms with Gasteiger partial charge in [0.05, 0.1) is 17.9 Å². The van der Waals surface area contributed by atoms with Crippen LogP contribution in [0.4, 0.5) is 5.82 Å². The average Bonchev–Trinajstić information content (AvgIpc) is 3.46. The first-order chi connectivity index (χ1) is 15.8. The van der Waals surface area contributed by atoms with Gasteiger partial charge in [-0.1, -0.05) is 31.0 Å². The maximum absolute atomic E-state index is 13.2. The minimum atomic E-state index is -0.225. The Hall–Kier alpha value is -1.89. The Bertz CT molecular complexity index is 950. The van der Waals surface area contributed by atoms with Gasteiger partial charge >= 0.3 is 0 Å². The van der Waals surface area contributed by atoms with Crippen molar-refractivity contribution in [3.63, 3.8) is 0 Å². The molecule has 0 bridgehead atoms. The Morgan fingerprint density at radius 2 is 2.06 bits per heavy atom. The number of rotatable bonds is 9. The second kappa shape index (κ2) is 10.6. The Kier molecular flexibility index (Phi) is 7.77. The van der Waals surface area contributed by atoms with Crippen LogP contribution in [-0.2, 0) is 23.2 Å². The molecule has 7 heteroatoms. The second-order valence-electron chi connectivity index (χ2n) is 10.3. The maximum atomic E-state index is 13.2. The molecule has 0 saturated carbocycles. The van der Waals surface area contributed by atoms with Crippen molar-refractivity contribution in [1.82, 2.24) is 19.8 Å². The van der Waals surface area contributed by atoms with Crippen molar-refractivity contribution in [3.8, 4) is 0 Å². The molecule has 4 rings (SSSR count). The van der Waals surface area contributed by atoms with Crippen LogP contribution in [0.5, 0.6) is 0 Å². The molecule has 1 aromatic heterocycles. The van der Waals surface area contributed by atoms with E-state index in [4.69, 9.17) is 11.6 Å². The van der Waals surface area contributed by atoms with Gasteiger partial charge in [-0.15, -0.1) is 0 Å². The van der Waals surface area contributed by atoms with Crippen LogP contribution in [0.3, 0.4) is 0 Å². The van der Waals surface area contributed by atoms with E-state index in [0.717, 1.165) is 43.7 Å². The Labute approximate surface area is 203 Å². The summed E-state index contributed by atoms with van der Waals surface area (Å²) in [5, 5.41) is 7.49. The molecular formula is C26H38ClN5O. The molecule has 1 saturated heterocycles. The standard InChI is InChI=1S/C26H38ClN5O/c1-4-7-23(29-22-11-9-19-14-21(27)10-8-20(19)15-22)25(33)30-24-16-32(18-28-24)26(2,3)17-31-12-5-6-13-31/h8,10,14,16,18,22-23,29H,4-7,9,11-13,15,17H2,1-3H3,(H,30,33)/t22-,23+/m1/s1. The largest absolute Gasteiger partial charge is 0.328 e. The van der Waals surface area contributed by atoms with Gasteiger partial charge in [-0.2, -0.15) is 0 Å². The number of aromatic nitrogens is 2. The molecule has 2 heterocycles. The molecule has 1 aliphatic carbocycles. The number of carbonyl (C=O) groups excluding carboxylic acids is 1. The minimum absolute atomic E-state index is 0.00125. The van der Waals surface area contributed by atoms with Gasteiger partial charge < -0.3 is 20.1 Å². The minimum Gasteiger partial charge on any atom is -0.328 e. The third kappa shape index (κ3) is 6.17. The van der Waals surface area contributed by atoms with Crippen LogP contribution in [0.1, 0.15) is 64.0 Å². The molecule has 1 fully saturated rings. The van der Waals surface area contributed by atoms with Crippen molar-refractivity contribution in [2.75, 3.05) is 25.0 Å². The van der Waals surface area contributed by atoms with E-state index >= 15 is 0 Å². The summed E-state index contributed by atoms with van der Waals surface area (Å²) in [5.74, 6) is 0.627. The molecule has 0 spiro atoms. The Morgan fingerprint density at radius 3 is 2.82 bits per heavy atom. The fourth-order valence-electron chi connectivity index (χ4n) is 5.23. The predicted octanol–water partition coefficient (Wildman–Crippen LogP) is 4.62. The summed E-state index contributed by atoms with van der Waals surface area (Å²) in [4.78, 5) is 20.2. The first-order valence-electron chi connectivity index (χ1n) is 12.4. The molecule has 2 atom stereocenters. The molecular weight excluding hydrogens is 434 g/mol. The van der Waals surface area contributed by atoms with E-state index in [1.54, 1.807) is 0 Å². The van der Waals surface area contributed by atoms with E-state index in [1.165, 1.54) is 37.1 Å². The molecule has 33 heavy (non-hydrogen) atoms. The summed E-state index contributed by atoms with van der Waals surface area (Å²) in [7, 11) is 0. The number of hydrogen-bond donors (Lipinski definition) is 2. The Balaban J connectivity index is 1.36. The predicted molar refractivity (Wildman–Crippen MR) is 135 cm³/mol. The molecule has 1 aliphatic heterocycles. The summed E-state index contributed by atoms with van der Waals surface area (Å²) < 4.78 is 2.13. The monoisotopic (exact) mass is 471 g/mol. The van der Waals surface area contributed by atoms with Crippen LogP contribution < -0.4 is 10.6 Å². The highest BCUT2D eigenvalue weighted by atomic mass is 35.5. The number of hydrogen-bond acceptors (Lipinski definition) is 4. The smallest absolute Gasteiger partial charge is 0.242 e. The number of likely N-dealkylation sites (tertiary alicyclic amines) is 1. The molecule has 2 aromatic rings. The maximum Gasteiger partial charge on any atom is 0.242 e. The number of nitrogens with zero attached hydrogens (tertiary/aromatic N) is 3. The molecule has 180 valence electrons. The van der Waals surface area contributed by atoms with E-state index < -0.39 is 0 Å². The SMILES string of the molecule is CCC[C@H](N[C@@H]1CCc2cc(Cl)ccc2C1)C(=O)Nc1cn(C(C)(C)CN2CCCC2)cn1. The fourth-order valence-corrected chi connectivity index (χ4v) is 5.43. The van der Waals surface area contributed by atoms with E-state index in [0.29, 0.717) is 5.82 Å². The number of nitrogens with one attached hydrogen (secondary N) is 2. The highest BCUT2D eigenvalue weighted by molar-refractivity contribution is 6.30. The lowest BCUT2D eigenvalue weighted by molar-refractivity contribution is -0.118. The Morgan fingerprint density at radius 1 is 1.27 bits per heavy atom. The van der Waals surface area contributed by atoms with E-state index in [9.17, 15) is 4.79 Å². The number of fused-ring (bicyclic) bond motifs is 1. The molecule has 0 radical (unpaired) electrons.